The summed E-state index contributed by atoms with van der Waals surface area (Å²) in [6, 6.07) is 9.58. The zero-order valence-electron chi connectivity index (χ0n) is 14.3. The molecule has 0 radical (unpaired) electrons. The third-order valence-corrected chi connectivity index (χ3v) is 7.72. The molecule has 2 heterocycles. The number of carbonyl (C=O) groups is 1. The van der Waals surface area contributed by atoms with E-state index in [-0.39, 0.29) is 36.1 Å². The molecule has 1 aliphatic carbocycles. The summed E-state index contributed by atoms with van der Waals surface area (Å²) in [5, 5.41) is 9.94. The minimum Gasteiger partial charge on any atom is -0.394 e. The second-order valence-electron chi connectivity index (χ2n) is 7.39. The Morgan fingerprint density at radius 2 is 1.88 bits per heavy atom. The van der Waals surface area contributed by atoms with Gasteiger partial charge in [-0.1, -0.05) is 30.3 Å². The molecule has 4 rings (SSSR count). The number of amides is 1. The maximum Gasteiger partial charge on any atom is 0.226 e. The SMILES string of the molecule is CCS(=O)(=O)N1CC2(C1)[C@@H](c1ccccc1)[C@H](CO)N2C(=O)C1CC1. The molecule has 0 unspecified atom stereocenters. The van der Waals surface area contributed by atoms with Crippen LogP contribution in [0, 0.1) is 5.92 Å². The van der Waals surface area contributed by atoms with Crippen molar-refractivity contribution in [2.24, 2.45) is 5.92 Å². The van der Waals surface area contributed by atoms with E-state index in [0.717, 1.165) is 18.4 Å². The van der Waals surface area contributed by atoms with Gasteiger partial charge in [0.2, 0.25) is 15.9 Å². The predicted molar refractivity (Wildman–Crippen MR) is 93.4 cm³/mol. The van der Waals surface area contributed by atoms with E-state index in [1.54, 1.807) is 6.92 Å². The summed E-state index contributed by atoms with van der Waals surface area (Å²) in [7, 11) is -3.26. The van der Waals surface area contributed by atoms with Crippen LogP contribution in [-0.4, -0.2) is 65.7 Å². The standard InChI is InChI=1S/C18H24N2O4S/c1-2-25(23,24)19-11-18(12-19)16(13-6-4-3-5-7-13)15(10-21)20(18)17(22)14-8-9-14/h3-7,14-16,21H,2,8-12H2,1H3/t15-,16-/m0/s1. The van der Waals surface area contributed by atoms with Gasteiger partial charge in [0.05, 0.1) is 23.9 Å². The summed E-state index contributed by atoms with van der Waals surface area (Å²) in [6.45, 7) is 2.20. The summed E-state index contributed by atoms with van der Waals surface area (Å²) >= 11 is 0. The number of hydrogen-bond acceptors (Lipinski definition) is 4. The van der Waals surface area contributed by atoms with Crippen molar-refractivity contribution in [2.45, 2.75) is 37.3 Å². The van der Waals surface area contributed by atoms with E-state index in [4.69, 9.17) is 0 Å². The summed E-state index contributed by atoms with van der Waals surface area (Å²) < 4.78 is 25.9. The van der Waals surface area contributed by atoms with Crippen molar-refractivity contribution in [3.63, 3.8) is 0 Å². The molecule has 1 N–H and O–H groups in total. The van der Waals surface area contributed by atoms with Gasteiger partial charge in [-0.3, -0.25) is 4.79 Å². The second kappa shape index (κ2) is 5.79. The Balaban J connectivity index is 1.67. The van der Waals surface area contributed by atoms with Crippen LogP contribution in [-0.2, 0) is 14.8 Å². The number of nitrogens with zero attached hydrogens (tertiary/aromatic N) is 2. The molecule has 2 aliphatic heterocycles. The van der Waals surface area contributed by atoms with Crippen LogP contribution >= 0.6 is 0 Å². The summed E-state index contributed by atoms with van der Waals surface area (Å²) in [5.74, 6) is 0.183. The third kappa shape index (κ3) is 2.44. The Morgan fingerprint density at radius 1 is 1.24 bits per heavy atom. The zero-order valence-corrected chi connectivity index (χ0v) is 15.2. The molecule has 136 valence electrons. The normalized spacial score (nSPS) is 28.5. The van der Waals surface area contributed by atoms with E-state index in [1.165, 1.54) is 4.31 Å². The molecule has 3 aliphatic rings. The van der Waals surface area contributed by atoms with Crippen molar-refractivity contribution in [1.29, 1.82) is 0 Å². The van der Waals surface area contributed by atoms with Gasteiger partial charge < -0.3 is 10.0 Å². The van der Waals surface area contributed by atoms with E-state index in [2.05, 4.69) is 0 Å². The molecule has 3 fully saturated rings. The fourth-order valence-corrected chi connectivity index (χ4v) is 5.69. The molecular weight excluding hydrogens is 340 g/mol. The Labute approximate surface area is 148 Å². The van der Waals surface area contributed by atoms with Crippen molar-refractivity contribution in [3.05, 3.63) is 35.9 Å². The molecule has 0 aromatic heterocycles. The lowest BCUT2D eigenvalue weighted by atomic mass is 9.61. The lowest BCUT2D eigenvalue weighted by molar-refractivity contribution is -0.190. The smallest absolute Gasteiger partial charge is 0.226 e. The Kier molecular flexibility index (Phi) is 3.94. The summed E-state index contributed by atoms with van der Waals surface area (Å²) in [5.41, 5.74) is 0.561. The highest BCUT2D eigenvalue weighted by atomic mass is 32.2. The fraction of sp³-hybridized carbons (Fsp3) is 0.611. The molecule has 1 amide bonds. The van der Waals surface area contributed by atoms with E-state index >= 15 is 0 Å². The Morgan fingerprint density at radius 3 is 2.40 bits per heavy atom. The quantitative estimate of drug-likeness (QED) is 0.838. The first kappa shape index (κ1) is 17.0. The predicted octanol–water partition coefficient (Wildman–Crippen LogP) is 0.787. The first-order valence-electron chi connectivity index (χ1n) is 8.91. The van der Waals surface area contributed by atoms with Crippen LogP contribution in [0.4, 0.5) is 0 Å². The van der Waals surface area contributed by atoms with E-state index in [9.17, 15) is 18.3 Å². The van der Waals surface area contributed by atoms with Gasteiger partial charge in [0, 0.05) is 24.9 Å². The molecule has 6 nitrogen and oxygen atoms in total. The van der Waals surface area contributed by atoms with Gasteiger partial charge >= 0.3 is 0 Å². The lowest BCUT2D eigenvalue weighted by Gasteiger charge is -2.70. The number of hydrogen-bond donors (Lipinski definition) is 1. The summed E-state index contributed by atoms with van der Waals surface area (Å²) in [4.78, 5) is 14.6. The van der Waals surface area contributed by atoms with Gasteiger partial charge in [0.15, 0.2) is 0 Å². The maximum atomic E-state index is 12.8. The van der Waals surface area contributed by atoms with Gasteiger partial charge in [-0.25, -0.2) is 8.42 Å². The third-order valence-electron chi connectivity index (χ3n) is 5.94. The van der Waals surface area contributed by atoms with Gasteiger partial charge in [0.1, 0.15) is 0 Å². The first-order valence-corrected chi connectivity index (χ1v) is 10.5. The maximum absolute atomic E-state index is 12.8. The van der Waals surface area contributed by atoms with Crippen molar-refractivity contribution >= 4 is 15.9 Å². The van der Waals surface area contributed by atoms with Crippen LogP contribution < -0.4 is 0 Å². The topological polar surface area (TPSA) is 77.9 Å². The molecule has 1 aromatic carbocycles. The highest BCUT2D eigenvalue weighted by molar-refractivity contribution is 7.89. The van der Waals surface area contributed by atoms with Crippen LogP contribution in [0.15, 0.2) is 30.3 Å². The Bertz CT molecular complexity index is 770. The molecule has 2 saturated heterocycles. The lowest BCUT2D eigenvalue weighted by Crippen LogP contribution is -2.86. The molecule has 7 heteroatoms. The summed E-state index contributed by atoms with van der Waals surface area (Å²) in [6.07, 6.45) is 1.80. The van der Waals surface area contributed by atoms with E-state index < -0.39 is 15.6 Å². The van der Waals surface area contributed by atoms with Gasteiger partial charge in [0.25, 0.3) is 0 Å². The van der Waals surface area contributed by atoms with Crippen molar-refractivity contribution in [1.82, 2.24) is 9.21 Å². The highest BCUT2D eigenvalue weighted by Crippen LogP contribution is 2.56. The molecule has 1 aromatic rings. The average Bonchev–Trinajstić information content (AvgIpc) is 3.38. The van der Waals surface area contributed by atoms with Gasteiger partial charge in [-0.05, 0) is 25.3 Å². The molecule has 2 atom stereocenters. The fourth-order valence-electron chi connectivity index (χ4n) is 4.49. The van der Waals surface area contributed by atoms with E-state index in [0.29, 0.717) is 13.1 Å². The number of rotatable bonds is 5. The van der Waals surface area contributed by atoms with Crippen LogP contribution in [0.5, 0.6) is 0 Å². The van der Waals surface area contributed by atoms with Crippen molar-refractivity contribution in [3.8, 4) is 0 Å². The molecule has 1 saturated carbocycles. The number of benzene rings is 1. The minimum absolute atomic E-state index is 0.0234. The number of aliphatic hydroxyl groups is 1. The zero-order chi connectivity index (χ0) is 17.8. The molecule has 0 bridgehead atoms. The van der Waals surface area contributed by atoms with Gasteiger partial charge in [-0.2, -0.15) is 4.31 Å². The number of aliphatic hydroxyl groups excluding tert-OH is 1. The van der Waals surface area contributed by atoms with Gasteiger partial charge in [-0.15, -0.1) is 0 Å². The highest BCUT2D eigenvalue weighted by Gasteiger charge is 2.69. The number of sulfonamides is 1. The van der Waals surface area contributed by atoms with Crippen molar-refractivity contribution in [2.75, 3.05) is 25.4 Å². The number of carbonyl (C=O) groups excluding carboxylic acids is 1. The first-order chi connectivity index (χ1) is 11.9. The Hall–Kier alpha value is -1.44. The van der Waals surface area contributed by atoms with Crippen LogP contribution in [0.3, 0.4) is 0 Å². The molecule has 25 heavy (non-hydrogen) atoms. The second-order valence-corrected chi connectivity index (χ2v) is 9.65. The average molecular weight is 364 g/mol. The minimum atomic E-state index is -3.26. The van der Waals surface area contributed by atoms with E-state index in [1.807, 2.05) is 35.2 Å². The molecule has 1 spiro atoms. The van der Waals surface area contributed by atoms with Crippen LogP contribution in [0.1, 0.15) is 31.2 Å². The van der Waals surface area contributed by atoms with Crippen LogP contribution in [0.2, 0.25) is 0 Å². The van der Waals surface area contributed by atoms with Crippen LogP contribution in [0.25, 0.3) is 0 Å². The largest absolute Gasteiger partial charge is 0.394 e. The molecular formula is C18H24N2O4S. The van der Waals surface area contributed by atoms with Crippen molar-refractivity contribution < 1.29 is 18.3 Å². The number of likely N-dealkylation sites (tertiary alicyclic amines) is 1. The monoisotopic (exact) mass is 364 g/mol.